The molecule has 6 heteroatoms. The van der Waals surface area contributed by atoms with Crippen LogP contribution in [0.3, 0.4) is 0 Å². The first-order valence-corrected chi connectivity index (χ1v) is 10.6. The van der Waals surface area contributed by atoms with E-state index in [1.165, 1.54) is 21.8 Å². The molecule has 1 aromatic carbocycles. The first-order chi connectivity index (χ1) is 13.2. The lowest BCUT2D eigenvalue weighted by molar-refractivity contribution is 0.198. The van der Waals surface area contributed by atoms with Crippen LogP contribution in [0.5, 0.6) is 0 Å². The summed E-state index contributed by atoms with van der Waals surface area (Å²) in [6, 6.07) is 11.7. The Bertz CT molecular complexity index is 974. The van der Waals surface area contributed by atoms with Crippen molar-refractivity contribution in [1.82, 2.24) is 14.3 Å². The fourth-order valence-corrected chi connectivity index (χ4v) is 4.97. The van der Waals surface area contributed by atoms with Crippen molar-refractivity contribution in [2.24, 2.45) is 0 Å². The fraction of sp³-hybridized carbons (Fsp3) is 0.381. The van der Waals surface area contributed by atoms with Gasteiger partial charge in [-0.15, -0.1) is 11.8 Å². The van der Waals surface area contributed by atoms with E-state index in [1.54, 1.807) is 0 Å². The molecule has 2 aliphatic heterocycles. The number of aromatic nitrogens is 2. The third kappa shape index (κ3) is 3.07. The second-order valence-electron chi connectivity index (χ2n) is 7.41. The van der Waals surface area contributed by atoms with Crippen LogP contribution < -0.4 is 10.2 Å². The van der Waals surface area contributed by atoms with Crippen LogP contribution in [0, 0.1) is 6.92 Å². The van der Waals surface area contributed by atoms with Crippen LogP contribution in [0.25, 0.3) is 5.52 Å². The second-order valence-corrected chi connectivity index (χ2v) is 8.42. The van der Waals surface area contributed by atoms with Crippen molar-refractivity contribution in [1.29, 1.82) is 0 Å². The molecule has 0 bridgehead atoms. The molecule has 2 aliphatic rings. The summed E-state index contributed by atoms with van der Waals surface area (Å²) in [5, 5.41) is 3.47. The van der Waals surface area contributed by atoms with E-state index in [1.807, 2.05) is 18.0 Å². The molecule has 4 heterocycles. The number of hydrogen-bond acceptors (Lipinski definition) is 5. The monoisotopic (exact) mass is 379 g/mol. The predicted octanol–water partition coefficient (Wildman–Crippen LogP) is 4.00. The van der Waals surface area contributed by atoms with E-state index in [2.05, 4.69) is 74.9 Å². The molecule has 0 amide bonds. The molecule has 1 fully saturated rings. The Balaban J connectivity index is 1.28. The number of benzene rings is 1. The summed E-state index contributed by atoms with van der Waals surface area (Å²) >= 11 is 1.89. The van der Waals surface area contributed by atoms with E-state index < -0.39 is 0 Å². The van der Waals surface area contributed by atoms with Crippen LogP contribution in [0.2, 0.25) is 0 Å². The molecule has 0 saturated carbocycles. The van der Waals surface area contributed by atoms with Gasteiger partial charge in [0.25, 0.3) is 0 Å². The quantitative estimate of drug-likeness (QED) is 0.744. The summed E-state index contributed by atoms with van der Waals surface area (Å²) in [6.07, 6.45) is 4.16. The molecule has 3 aromatic rings. The van der Waals surface area contributed by atoms with Crippen molar-refractivity contribution < 1.29 is 0 Å². The highest BCUT2D eigenvalue weighted by atomic mass is 32.2. The molecule has 2 aromatic heterocycles. The molecule has 1 N–H and O–H groups in total. The minimum atomic E-state index is 0.447. The van der Waals surface area contributed by atoms with Gasteiger partial charge in [0, 0.05) is 49.0 Å². The van der Waals surface area contributed by atoms with Gasteiger partial charge in [0.2, 0.25) is 0 Å². The zero-order valence-electron chi connectivity index (χ0n) is 15.9. The third-order valence-electron chi connectivity index (χ3n) is 5.90. The lowest BCUT2D eigenvalue weighted by Gasteiger charge is -2.39. The predicted molar refractivity (Wildman–Crippen MR) is 113 cm³/mol. The first-order valence-electron chi connectivity index (χ1n) is 9.62. The maximum atomic E-state index is 4.41. The molecule has 5 rings (SSSR count). The van der Waals surface area contributed by atoms with E-state index in [4.69, 9.17) is 0 Å². The number of aryl methyl sites for hydroxylation is 1. The average molecular weight is 380 g/mol. The van der Waals surface area contributed by atoms with E-state index >= 15 is 0 Å². The number of pyridine rings is 1. The van der Waals surface area contributed by atoms with Gasteiger partial charge >= 0.3 is 0 Å². The summed E-state index contributed by atoms with van der Waals surface area (Å²) in [5.74, 6) is 2.04. The maximum Gasteiger partial charge on any atom is 0.110 e. The number of rotatable bonds is 3. The van der Waals surface area contributed by atoms with Crippen molar-refractivity contribution in [3.63, 3.8) is 0 Å². The van der Waals surface area contributed by atoms with Crippen LogP contribution in [0.4, 0.5) is 11.4 Å². The zero-order chi connectivity index (χ0) is 18.4. The van der Waals surface area contributed by atoms with Gasteiger partial charge in [-0.25, -0.2) is 4.98 Å². The van der Waals surface area contributed by atoms with Crippen LogP contribution in [0.15, 0.2) is 47.6 Å². The molecule has 140 valence electrons. The molecular formula is C21H25N5S. The highest BCUT2D eigenvalue weighted by Gasteiger charge is 2.23. The van der Waals surface area contributed by atoms with Crippen molar-refractivity contribution >= 4 is 28.7 Å². The number of fused-ring (bicyclic) bond motifs is 2. The number of anilines is 2. The van der Waals surface area contributed by atoms with Crippen LogP contribution in [-0.2, 0) is 0 Å². The van der Waals surface area contributed by atoms with Gasteiger partial charge in [0.1, 0.15) is 5.82 Å². The van der Waals surface area contributed by atoms with Crippen molar-refractivity contribution in [2.75, 3.05) is 42.3 Å². The Morgan fingerprint density at radius 2 is 1.96 bits per heavy atom. The highest BCUT2D eigenvalue weighted by molar-refractivity contribution is 7.99. The van der Waals surface area contributed by atoms with Gasteiger partial charge in [-0.3, -0.25) is 4.90 Å². The molecule has 1 atom stereocenters. The molecule has 5 nitrogen and oxygen atoms in total. The Hall–Kier alpha value is -2.18. The number of piperazine rings is 1. The van der Waals surface area contributed by atoms with E-state index in [0.717, 1.165) is 43.4 Å². The molecule has 1 unspecified atom stereocenters. The summed E-state index contributed by atoms with van der Waals surface area (Å²) in [6.45, 7) is 8.68. The Labute approximate surface area is 164 Å². The summed E-state index contributed by atoms with van der Waals surface area (Å²) in [4.78, 5) is 10.9. The van der Waals surface area contributed by atoms with E-state index in [-0.39, 0.29) is 0 Å². The Kier molecular flexibility index (Phi) is 4.25. The van der Waals surface area contributed by atoms with Crippen molar-refractivity contribution in [3.8, 4) is 0 Å². The van der Waals surface area contributed by atoms with Gasteiger partial charge in [-0.1, -0.05) is 6.07 Å². The van der Waals surface area contributed by atoms with Gasteiger partial charge in [-0.2, -0.15) is 0 Å². The summed E-state index contributed by atoms with van der Waals surface area (Å²) < 4.78 is 2.18. The lowest BCUT2D eigenvalue weighted by atomic mass is 10.0. The Morgan fingerprint density at radius 1 is 1.11 bits per heavy atom. The smallest absolute Gasteiger partial charge is 0.110 e. The van der Waals surface area contributed by atoms with E-state index in [9.17, 15) is 0 Å². The Morgan fingerprint density at radius 3 is 2.81 bits per heavy atom. The average Bonchev–Trinajstić information content (AvgIpc) is 3.33. The van der Waals surface area contributed by atoms with Crippen molar-refractivity contribution in [2.45, 2.75) is 24.8 Å². The van der Waals surface area contributed by atoms with Crippen LogP contribution in [-0.4, -0.2) is 46.3 Å². The number of thioether (sulfide) groups is 1. The molecule has 1 saturated heterocycles. The van der Waals surface area contributed by atoms with Gasteiger partial charge in [0.15, 0.2) is 0 Å². The number of nitrogens with zero attached hydrogens (tertiary/aromatic N) is 4. The molecule has 0 spiro atoms. The van der Waals surface area contributed by atoms with Crippen molar-refractivity contribution in [3.05, 3.63) is 54.1 Å². The largest absolute Gasteiger partial charge is 0.375 e. The summed E-state index contributed by atoms with van der Waals surface area (Å²) in [5.41, 5.74) is 5.15. The number of imidazole rings is 1. The molecule has 0 radical (unpaired) electrons. The SMILES string of the molecule is Cc1ncc2ccc(N3CCN(C(C)c4ccc5c(c4)NCS5)CC3)cn12. The number of hydrogen-bond donors (Lipinski definition) is 1. The standard InChI is InChI=1S/C21H25N5S/c1-15(17-3-6-21-20(11-17)23-14-27-21)24-7-9-25(10-8-24)19-5-4-18-12-22-16(2)26(18)13-19/h3-6,11-13,15,23H,7-10,14H2,1-2H3. The third-order valence-corrected chi connectivity index (χ3v) is 6.86. The second kappa shape index (κ2) is 6.77. The molecular weight excluding hydrogens is 354 g/mol. The fourth-order valence-electron chi connectivity index (χ4n) is 4.14. The first kappa shape index (κ1) is 17.0. The number of nitrogens with one attached hydrogen (secondary N) is 1. The molecule has 0 aliphatic carbocycles. The molecule has 27 heavy (non-hydrogen) atoms. The topological polar surface area (TPSA) is 35.8 Å². The minimum Gasteiger partial charge on any atom is -0.375 e. The van der Waals surface area contributed by atoms with Gasteiger partial charge < -0.3 is 14.6 Å². The van der Waals surface area contributed by atoms with Gasteiger partial charge in [-0.05, 0) is 43.7 Å². The lowest BCUT2D eigenvalue weighted by Crippen LogP contribution is -2.47. The van der Waals surface area contributed by atoms with Gasteiger partial charge in [0.05, 0.1) is 23.3 Å². The highest BCUT2D eigenvalue weighted by Crippen LogP contribution is 2.36. The van der Waals surface area contributed by atoms with Crippen LogP contribution in [0.1, 0.15) is 24.4 Å². The summed E-state index contributed by atoms with van der Waals surface area (Å²) in [7, 11) is 0. The maximum absolute atomic E-state index is 4.41. The van der Waals surface area contributed by atoms with Crippen LogP contribution >= 0.6 is 11.8 Å². The minimum absolute atomic E-state index is 0.447. The zero-order valence-corrected chi connectivity index (χ0v) is 16.7. The normalized spacial score (nSPS) is 18.5. The van der Waals surface area contributed by atoms with E-state index in [0.29, 0.717) is 6.04 Å².